The van der Waals surface area contributed by atoms with Gasteiger partial charge in [0.2, 0.25) is 0 Å². The maximum absolute atomic E-state index is 12.9. The van der Waals surface area contributed by atoms with E-state index in [9.17, 15) is 14.4 Å². The van der Waals surface area contributed by atoms with Gasteiger partial charge in [-0.05, 0) is 128 Å². The zero-order valence-electron chi connectivity index (χ0n) is 50.8. The zero-order valence-corrected chi connectivity index (χ0v) is 50.8. The van der Waals surface area contributed by atoms with Gasteiger partial charge in [-0.2, -0.15) is 0 Å². The lowest BCUT2D eigenvalue weighted by Crippen LogP contribution is -2.30. The molecule has 0 aromatic heterocycles. The molecule has 0 radical (unpaired) electrons. The molecule has 1 atom stereocenters. The number of esters is 3. The SMILES string of the molecule is CC/C=C\C/C=C\C/C=C\C/C=C\C/C=C\C/C=C\C/C=C\C/C=C\CCCCCCC(=O)OCC(COC(=O)CCCCCCCCCCCCCCC)OC(=O)CCCCC/C=C\C/C=C\C/C=C\C/C=C\C/C=C\CC. The van der Waals surface area contributed by atoms with E-state index in [1.54, 1.807) is 0 Å². The van der Waals surface area contributed by atoms with Gasteiger partial charge in [-0.15, -0.1) is 0 Å². The lowest BCUT2D eigenvalue weighted by Gasteiger charge is -2.18. The average molecular weight is 1090 g/mol. The molecule has 0 heterocycles. The lowest BCUT2D eigenvalue weighted by atomic mass is 10.0. The van der Waals surface area contributed by atoms with E-state index in [0.29, 0.717) is 19.3 Å². The smallest absolute Gasteiger partial charge is 0.306 e. The molecule has 0 bridgehead atoms. The first-order chi connectivity index (χ1) is 39.0. The molecule has 0 aliphatic carbocycles. The molecule has 0 rings (SSSR count). The third kappa shape index (κ3) is 63.7. The minimum Gasteiger partial charge on any atom is -0.462 e. The third-order valence-corrected chi connectivity index (χ3v) is 13.0. The summed E-state index contributed by atoms with van der Waals surface area (Å²) in [5, 5.41) is 0. The molecule has 0 amide bonds. The Morgan fingerprint density at radius 3 is 0.785 bits per heavy atom. The van der Waals surface area contributed by atoms with Crippen molar-refractivity contribution in [1.82, 2.24) is 0 Å². The van der Waals surface area contributed by atoms with Gasteiger partial charge in [-0.3, -0.25) is 14.4 Å². The highest BCUT2D eigenvalue weighted by Crippen LogP contribution is 2.15. The fraction of sp³-hybridized carbons (Fsp3) is 0.603. The lowest BCUT2D eigenvalue weighted by molar-refractivity contribution is -0.167. The van der Waals surface area contributed by atoms with Crippen molar-refractivity contribution in [3.05, 3.63) is 158 Å². The minimum atomic E-state index is -0.813. The molecule has 0 saturated carbocycles. The van der Waals surface area contributed by atoms with E-state index in [0.717, 1.165) is 154 Å². The highest BCUT2D eigenvalue weighted by atomic mass is 16.6. The monoisotopic (exact) mass is 1090 g/mol. The molecule has 444 valence electrons. The molecule has 0 aliphatic heterocycles. The molecular weight excluding hydrogens is 973 g/mol. The molecule has 0 aliphatic rings. The number of carbonyl (C=O) groups is 3. The van der Waals surface area contributed by atoms with Crippen LogP contribution in [-0.2, 0) is 28.6 Å². The number of hydrogen-bond acceptors (Lipinski definition) is 6. The Hall–Kier alpha value is -4.97. The number of rotatable bonds is 56. The highest BCUT2D eigenvalue weighted by Gasteiger charge is 2.19. The molecule has 6 nitrogen and oxygen atoms in total. The van der Waals surface area contributed by atoms with Crippen LogP contribution in [-0.4, -0.2) is 37.2 Å². The van der Waals surface area contributed by atoms with Crippen molar-refractivity contribution in [3.8, 4) is 0 Å². The van der Waals surface area contributed by atoms with Crippen molar-refractivity contribution in [2.45, 2.75) is 271 Å². The van der Waals surface area contributed by atoms with Gasteiger partial charge in [0.15, 0.2) is 6.10 Å². The summed E-state index contributed by atoms with van der Waals surface area (Å²) in [5.74, 6) is -0.965. The van der Waals surface area contributed by atoms with Crippen LogP contribution in [0, 0.1) is 0 Å². The maximum Gasteiger partial charge on any atom is 0.306 e. The predicted octanol–water partition coefficient (Wildman–Crippen LogP) is 22.1. The van der Waals surface area contributed by atoms with E-state index in [4.69, 9.17) is 14.2 Å². The number of ether oxygens (including phenoxy) is 3. The minimum absolute atomic E-state index is 0.104. The number of hydrogen-bond donors (Lipinski definition) is 0. The Balaban J connectivity index is 4.45. The van der Waals surface area contributed by atoms with Gasteiger partial charge in [0.05, 0.1) is 0 Å². The van der Waals surface area contributed by atoms with E-state index in [1.165, 1.54) is 64.2 Å². The second-order valence-corrected chi connectivity index (χ2v) is 20.6. The summed E-state index contributed by atoms with van der Waals surface area (Å²) in [6, 6.07) is 0. The molecule has 0 aromatic rings. The molecule has 1 unspecified atom stereocenters. The van der Waals surface area contributed by atoms with E-state index in [2.05, 4.69) is 179 Å². The summed E-state index contributed by atoms with van der Waals surface area (Å²) in [5.41, 5.74) is 0. The molecule has 0 aromatic carbocycles. The van der Waals surface area contributed by atoms with Crippen LogP contribution in [0.5, 0.6) is 0 Å². The van der Waals surface area contributed by atoms with Gasteiger partial charge in [-0.1, -0.05) is 275 Å². The van der Waals surface area contributed by atoms with E-state index < -0.39 is 6.10 Å². The fourth-order valence-electron chi connectivity index (χ4n) is 8.31. The standard InChI is InChI=1S/C73H116O6/c1-4-7-10-13-16-19-22-25-27-29-31-32-33-34-35-36-37-38-39-40-42-43-45-48-51-54-57-60-63-66-72(75)78-69-70(68-77-71(74)65-62-59-56-53-50-47-24-21-18-15-12-9-6-3)79-73(76)67-64-61-58-55-52-49-46-44-41-30-28-26-23-20-17-14-11-8-5-2/h7-8,10-11,16-17,19-20,25-28,31-32,34-35,37-38,40-42,44-45,48-49,52,70H,4-6,9,12-15,18,21-24,29-30,33,36,39,43,46-47,50-51,53-69H2,1-3H3/b10-7-,11-8-,19-16-,20-17-,27-25-,28-26-,32-31-,35-34-,38-37-,42-40-,44-41-,48-45-,52-49-. The van der Waals surface area contributed by atoms with Gasteiger partial charge in [0.1, 0.15) is 13.2 Å². The Morgan fingerprint density at radius 2 is 0.494 bits per heavy atom. The first kappa shape index (κ1) is 74.0. The maximum atomic E-state index is 12.9. The quantitative estimate of drug-likeness (QED) is 0.0261. The second kappa shape index (κ2) is 65.5. The molecular formula is C73H116O6. The van der Waals surface area contributed by atoms with Crippen molar-refractivity contribution in [2.75, 3.05) is 13.2 Å². The van der Waals surface area contributed by atoms with Crippen LogP contribution in [0.1, 0.15) is 265 Å². The highest BCUT2D eigenvalue weighted by molar-refractivity contribution is 5.71. The summed E-state index contributed by atoms with van der Waals surface area (Å²) in [6.07, 6.45) is 95.3. The molecule has 0 N–H and O–H groups in total. The topological polar surface area (TPSA) is 78.9 Å². The summed E-state index contributed by atoms with van der Waals surface area (Å²) >= 11 is 0. The van der Waals surface area contributed by atoms with E-state index in [-0.39, 0.29) is 37.5 Å². The summed E-state index contributed by atoms with van der Waals surface area (Å²) in [7, 11) is 0. The average Bonchev–Trinajstić information content (AvgIpc) is 3.45. The van der Waals surface area contributed by atoms with Crippen molar-refractivity contribution < 1.29 is 28.6 Å². The Kier molecular flexibility index (Phi) is 61.4. The van der Waals surface area contributed by atoms with Crippen LogP contribution in [0.25, 0.3) is 0 Å². The zero-order chi connectivity index (χ0) is 57.1. The molecule has 6 heteroatoms. The molecule has 0 fully saturated rings. The predicted molar refractivity (Wildman–Crippen MR) is 343 cm³/mol. The number of allylic oxidation sites excluding steroid dienone is 26. The molecule has 79 heavy (non-hydrogen) atoms. The molecule has 0 saturated heterocycles. The third-order valence-electron chi connectivity index (χ3n) is 13.0. The largest absolute Gasteiger partial charge is 0.462 e. The first-order valence-corrected chi connectivity index (χ1v) is 32.0. The summed E-state index contributed by atoms with van der Waals surface area (Å²) in [6.45, 7) is 6.36. The van der Waals surface area contributed by atoms with Gasteiger partial charge >= 0.3 is 17.9 Å². The molecule has 0 spiro atoms. The van der Waals surface area contributed by atoms with Gasteiger partial charge in [-0.25, -0.2) is 0 Å². The van der Waals surface area contributed by atoms with Crippen molar-refractivity contribution in [3.63, 3.8) is 0 Å². The van der Waals surface area contributed by atoms with Gasteiger partial charge in [0.25, 0.3) is 0 Å². The first-order valence-electron chi connectivity index (χ1n) is 32.0. The van der Waals surface area contributed by atoms with Crippen LogP contribution in [0.2, 0.25) is 0 Å². The second-order valence-electron chi connectivity index (χ2n) is 20.6. The summed E-state index contributed by atoms with van der Waals surface area (Å²) < 4.78 is 16.9. The number of carbonyl (C=O) groups excluding carboxylic acids is 3. The van der Waals surface area contributed by atoms with Gasteiger partial charge in [0, 0.05) is 19.3 Å². The Morgan fingerprint density at radius 1 is 0.266 bits per heavy atom. The summed E-state index contributed by atoms with van der Waals surface area (Å²) in [4.78, 5) is 38.3. The van der Waals surface area contributed by atoms with E-state index in [1.807, 2.05) is 0 Å². The van der Waals surface area contributed by atoms with Crippen molar-refractivity contribution >= 4 is 17.9 Å². The Labute approximate surface area is 486 Å². The normalized spacial score (nSPS) is 13.2. The van der Waals surface area contributed by atoms with Crippen molar-refractivity contribution in [2.24, 2.45) is 0 Å². The Bertz CT molecular complexity index is 1780. The van der Waals surface area contributed by atoms with Crippen LogP contribution >= 0.6 is 0 Å². The van der Waals surface area contributed by atoms with E-state index >= 15 is 0 Å². The van der Waals surface area contributed by atoms with Crippen LogP contribution in [0.15, 0.2) is 158 Å². The number of unbranched alkanes of at least 4 members (excludes halogenated alkanes) is 19. The fourth-order valence-corrected chi connectivity index (χ4v) is 8.31. The van der Waals surface area contributed by atoms with Crippen LogP contribution in [0.4, 0.5) is 0 Å². The van der Waals surface area contributed by atoms with Crippen LogP contribution in [0.3, 0.4) is 0 Å². The van der Waals surface area contributed by atoms with Crippen LogP contribution < -0.4 is 0 Å². The van der Waals surface area contributed by atoms with Gasteiger partial charge < -0.3 is 14.2 Å². The van der Waals surface area contributed by atoms with Crippen molar-refractivity contribution in [1.29, 1.82) is 0 Å².